The lowest BCUT2D eigenvalue weighted by Gasteiger charge is -2.39. The monoisotopic (exact) mass is 363 g/mol. The molecule has 4 heteroatoms. The third kappa shape index (κ3) is 7.22. The quantitative estimate of drug-likeness (QED) is 0.367. The molecule has 1 aromatic rings. The molecule has 1 aliphatic rings. The predicted octanol–water partition coefficient (Wildman–Crippen LogP) is 5.70. The second-order valence-corrected chi connectivity index (χ2v) is 11.9. The maximum absolute atomic E-state index is 5.98. The van der Waals surface area contributed by atoms with Crippen LogP contribution in [-0.2, 0) is 16.0 Å². The summed E-state index contributed by atoms with van der Waals surface area (Å²) in [6, 6.07) is 10.9. The molecule has 0 aliphatic carbocycles. The van der Waals surface area contributed by atoms with E-state index in [0.717, 1.165) is 6.54 Å². The van der Waals surface area contributed by atoms with Crippen LogP contribution < -0.4 is 0 Å². The molecule has 1 aliphatic heterocycles. The van der Waals surface area contributed by atoms with E-state index in [1.165, 1.54) is 63.5 Å². The van der Waals surface area contributed by atoms with E-state index in [2.05, 4.69) is 48.3 Å². The lowest BCUT2D eigenvalue weighted by molar-refractivity contribution is -0.217. The van der Waals surface area contributed by atoms with E-state index in [1.807, 2.05) is 6.92 Å². The molecule has 1 heterocycles. The highest BCUT2D eigenvalue weighted by atomic mass is 28.4. The van der Waals surface area contributed by atoms with Gasteiger partial charge in [-0.1, -0.05) is 68.9 Å². The molecule has 1 fully saturated rings. The fraction of sp³-hybridized carbons (Fsp3) is 0.714. The summed E-state index contributed by atoms with van der Waals surface area (Å²) in [5, 5.41) is 0. The Morgan fingerprint density at radius 3 is 2.28 bits per heavy atom. The van der Waals surface area contributed by atoms with Crippen molar-refractivity contribution in [3.63, 3.8) is 0 Å². The average molecular weight is 364 g/mol. The van der Waals surface area contributed by atoms with E-state index >= 15 is 0 Å². The zero-order valence-electron chi connectivity index (χ0n) is 16.5. The van der Waals surface area contributed by atoms with E-state index in [4.69, 9.17) is 9.46 Å². The van der Waals surface area contributed by atoms with Gasteiger partial charge < -0.3 is 0 Å². The molecule has 1 saturated heterocycles. The standard InChI is InChI=1S/C21H37NO2Si/c1-4-23-24-25(2,3)21-17-13-8-6-5-7-9-14-18-22(21)19-20-15-11-10-12-16-20/h10-12,15-16,21H,4-9,13-14,17-19H2,1-3H3. The fourth-order valence-corrected chi connectivity index (χ4v) is 6.47. The molecule has 0 bridgehead atoms. The van der Waals surface area contributed by atoms with Crippen LogP contribution in [0.25, 0.3) is 0 Å². The molecule has 25 heavy (non-hydrogen) atoms. The number of hydrogen-bond acceptors (Lipinski definition) is 3. The summed E-state index contributed by atoms with van der Waals surface area (Å²) in [5.74, 6) is 0. The first-order chi connectivity index (χ1) is 12.1. The normalized spacial score (nSPS) is 21.6. The van der Waals surface area contributed by atoms with Crippen molar-refractivity contribution in [2.45, 2.75) is 83.6 Å². The summed E-state index contributed by atoms with van der Waals surface area (Å²) in [7, 11) is -1.95. The van der Waals surface area contributed by atoms with Crippen LogP contribution >= 0.6 is 0 Å². The maximum atomic E-state index is 5.98. The van der Waals surface area contributed by atoms with Gasteiger partial charge >= 0.3 is 0 Å². The number of rotatable bonds is 6. The van der Waals surface area contributed by atoms with Crippen LogP contribution in [0.3, 0.4) is 0 Å². The van der Waals surface area contributed by atoms with Gasteiger partial charge in [-0.25, -0.2) is 4.89 Å². The van der Waals surface area contributed by atoms with Crippen molar-refractivity contribution < 1.29 is 9.46 Å². The van der Waals surface area contributed by atoms with E-state index < -0.39 is 8.32 Å². The lowest BCUT2D eigenvalue weighted by Crippen LogP contribution is -2.55. The van der Waals surface area contributed by atoms with Crippen molar-refractivity contribution in [3.8, 4) is 0 Å². The van der Waals surface area contributed by atoms with Crippen LogP contribution in [0.5, 0.6) is 0 Å². The summed E-state index contributed by atoms with van der Waals surface area (Å²) >= 11 is 0. The van der Waals surface area contributed by atoms with Gasteiger partial charge in [0.25, 0.3) is 0 Å². The van der Waals surface area contributed by atoms with E-state index in [0.29, 0.717) is 12.3 Å². The third-order valence-electron chi connectivity index (χ3n) is 5.29. The first kappa shape index (κ1) is 20.6. The van der Waals surface area contributed by atoms with Gasteiger partial charge in [-0.3, -0.25) is 9.48 Å². The van der Waals surface area contributed by atoms with Gasteiger partial charge in [0.15, 0.2) is 0 Å². The molecule has 0 saturated carbocycles. The Morgan fingerprint density at radius 2 is 1.60 bits per heavy atom. The minimum Gasteiger partial charge on any atom is -0.296 e. The summed E-state index contributed by atoms with van der Waals surface area (Å²) in [4.78, 5) is 8.14. The van der Waals surface area contributed by atoms with Crippen LogP contribution in [0.2, 0.25) is 13.1 Å². The number of nitrogens with zero attached hydrogens (tertiary/aromatic N) is 1. The van der Waals surface area contributed by atoms with Gasteiger partial charge in [-0.05, 0) is 45.0 Å². The van der Waals surface area contributed by atoms with Crippen LogP contribution in [0, 0.1) is 0 Å². The van der Waals surface area contributed by atoms with Crippen LogP contribution in [0.15, 0.2) is 30.3 Å². The summed E-state index contributed by atoms with van der Waals surface area (Å²) in [5.41, 5.74) is 1.92. The molecule has 0 N–H and O–H groups in total. The van der Waals surface area contributed by atoms with E-state index in [1.54, 1.807) is 0 Å². The smallest absolute Gasteiger partial charge is 0.249 e. The molecule has 1 unspecified atom stereocenters. The van der Waals surface area contributed by atoms with Gasteiger partial charge in [-0.15, -0.1) is 0 Å². The molecular formula is C21H37NO2Si. The minimum atomic E-state index is -1.95. The molecule has 3 nitrogen and oxygen atoms in total. The topological polar surface area (TPSA) is 21.7 Å². The molecule has 1 aromatic carbocycles. The fourth-order valence-electron chi connectivity index (χ4n) is 3.94. The van der Waals surface area contributed by atoms with Crippen LogP contribution in [-0.4, -0.2) is 32.0 Å². The molecule has 0 radical (unpaired) electrons. The molecule has 0 aromatic heterocycles. The Labute approximate surface area is 155 Å². The zero-order valence-corrected chi connectivity index (χ0v) is 17.5. The van der Waals surface area contributed by atoms with Gasteiger partial charge in [0.1, 0.15) is 0 Å². The Morgan fingerprint density at radius 1 is 0.960 bits per heavy atom. The highest BCUT2D eigenvalue weighted by Gasteiger charge is 2.39. The molecule has 2 rings (SSSR count). The molecule has 0 amide bonds. The number of benzene rings is 1. The second-order valence-electron chi connectivity index (χ2n) is 7.83. The van der Waals surface area contributed by atoms with Crippen molar-refractivity contribution >= 4 is 8.32 Å². The summed E-state index contributed by atoms with van der Waals surface area (Å²) in [6.45, 7) is 9.48. The molecule has 0 spiro atoms. The Hall–Kier alpha value is -0.683. The lowest BCUT2D eigenvalue weighted by atomic mass is 10.1. The van der Waals surface area contributed by atoms with Crippen molar-refractivity contribution in [1.29, 1.82) is 0 Å². The highest BCUT2D eigenvalue weighted by Crippen LogP contribution is 2.26. The Balaban J connectivity index is 2.16. The minimum absolute atomic E-state index is 0.511. The SMILES string of the molecule is CCOO[Si](C)(C)C1CCCCCCCCCN1Cc1ccccc1. The average Bonchev–Trinajstić information content (AvgIpc) is 2.66. The van der Waals surface area contributed by atoms with E-state index in [9.17, 15) is 0 Å². The molecule has 142 valence electrons. The molecule has 1 atom stereocenters. The van der Waals surface area contributed by atoms with Gasteiger partial charge in [0.2, 0.25) is 8.32 Å². The van der Waals surface area contributed by atoms with Crippen molar-refractivity contribution in [2.75, 3.05) is 13.2 Å². The van der Waals surface area contributed by atoms with Crippen molar-refractivity contribution in [1.82, 2.24) is 4.90 Å². The number of hydrogen-bond donors (Lipinski definition) is 0. The summed E-state index contributed by atoms with van der Waals surface area (Å²) < 4.78 is 5.98. The largest absolute Gasteiger partial charge is 0.296 e. The maximum Gasteiger partial charge on any atom is 0.249 e. The predicted molar refractivity (Wildman–Crippen MR) is 108 cm³/mol. The van der Waals surface area contributed by atoms with Crippen molar-refractivity contribution in [2.24, 2.45) is 0 Å². The van der Waals surface area contributed by atoms with Gasteiger partial charge in [0, 0.05) is 12.2 Å². The highest BCUT2D eigenvalue weighted by molar-refractivity contribution is 6.72. The van der Waals surface area contributed by atoms with Gasteiger partial charge in [0.05, 0.1) is 6.61 Å². The third-order valence-corrected chi connectivity index (χ3v) is 8.09. The Bertz CT molecular complexity index is 466. The Kier molecular flexibility index (Phi) is 9.17. The molecular weight excluding hydrogens is 326 g/mol. The first-order valence-corrected chi connectivity index (χ1v) is 13.2. The van der Waals surface area contributed by atoms with Gasteiger partial charge in [-0.2, -0.15) is 0 Å². The zero-order chi connectivity index (χ0) is 18.0. The van der Waals surface area contributed by atoms with E-state index in [-0.39, 0.29) is 0 Å². The van der Waals surface area contributed by atoms with Crippen molar-refractivity contribution in [3.05, 3.63) is 35.9 Å². The van der Waals surface area contributed by atoms with Crippen LogP contribution in [0.1, 0.15) is 63.9 Å². The van der Waals surface area contributed by atoms with Crippen LogP contribution in [0.4, 0.5) is 0 Å². The second kappa shape index (κ2) is 11.1. The summed E-state index contributed by atoms with van der Waals surface area (Å²) in [6.07, 6.45) is 10.7. The first-order valence-electron chi connectivity index (χ1n) is 10.2.